The average molecular weight is 449 g/mol. The minimum atomic E-state index is -3.78. The second kappa shape index (κ2) is 9.75. The monoisotopic (exact) mass is 448 g/mol. The van der Waals surface area contributed by atoms with Crippen LogP contribution < -0.4 is 4.74 Å². The summed E-state index contributed by atoms with van der Waals surface area (Å²) in [6.45, 7) is 4.21. The number of hydrogen-bond acceptors (Lipinski definition) is 1. The van der Waals surface area contributed by atoms with Crippen LogP contribution >= 0.6 is 0 Å². The van der Waals surface area contributed by atoms with Crippen molar-refractivity contribution in [3.63, 3.8) is 0 Å². The smallest absolute Gasteiger partial charge is 0.429 e. The van der Waals surface area contributed by atoms with Crippen molar-refractivity contribution in [2.24, 2.45) is 5.92 Å². The minimum absolute atomic E-state index is 0.0503. The van der Waals surface area contributed by atoms with Crippen LogP contribution in [0.25, 0.3) is 0 Å². The van der Waals surface area contributed by atoms with Crippen LogP contribution in [0.5, 0.6) is 5.75 Å². The van der Waals surface area contributed by atoms with Crippen LogP contribution in [-0.2, 0) is 6.11 Å². The molecule has 0 N–H and O–H groups in total. The summed E-state index contributed by atoms with van der Waals surface area (Å²) in [5.74, 6) is 5.95. The van der Waals surface area contributed by atoms with Gasteiger partial charge in [0.15, 0.2) is 0 Å². The van der Waals surface area contributed by atoms with Gasteiger partial charge in [0, 0.05) is 11.1 Å². The lowest BCUT2D eigenvalue weighted by atomic mass is 9.79. The van der Waals surface area contributed by atoms with E-state index < -0.39 is 17.5 Å². The molecule has 0 radical (unpaired) electrons. The summed E-state index contributed by atoms with van der Waals surface area (Å²) in [6.07, 6.45) is 0.314. The summed E-state index contributed by atoms with van der Waals surface area (Å²) in [4.78, 5) is 0. The van der Waals surface area contributed by atoms with E-state index in [1.807, 2.05) is 31.2 Å². The molecule has 0 atom stereocenters. The zero-order valence-corrected chi connectivity index (χ0v) is 18.9. The van der Waals surface area contributed by atoms with Crippen molar-refractivity contribution in [3.8, 4) is 17.6 Å². The van der Waals surface area contributed by atoms with Gasteiger partial charge in [0.05, 0.1) is 5.56 Å². The molecule has 0 spiro atoms. The van der Waals surface area contributed by atoms with Gasteiger partial charge < -0.3 is 4.74 Å². The van der Waals surface area contributed by atoms with E-state index in [-0.39, 0.29) is 11.7 Å². The summed E-state index contributed by atoms with van der Waals surface area (Å²) in [6, 6.07) is 17.9. The summed E-state index contributed by atoms with van der Waals surface area (Å²) in [5, 5.41) is 0. The highest BCUT2D eigenvalue weighted by molar-refractivity contribution is 5.45. The molecule has 0 bridgehead atoms. The first kappa shape index (κ1) is 23.0. The van der Waals surface area contributed by atoms with E-state index in [1.54, 1.807) is 18.2 Å². The third kappa shape index (κ3) is 5.79. The standard InChI is InChI=1S/C29H27F3O/c1-20-3-7-22(8-4-20)9-10-23-11-16-26(17-12-23)33-29(31,32)27-18-15-25(19-28(27)30)24-13-5-21(2)6-14-24/h3-4,7-8,11-12,15-19,21,24H,5-6,13-14H2,1-2H3. The molecule has 1 nitrogen and oxygen atoms in total. The molecular formula is C29H27F3O. The molecule has 4 rings (SSSR count). The van der Waals surface area contributed by atoms with E-state index in [0.29, 0.717) is 11.5 Å². The number of benzene rings is 3. The van der Waals surface area contributed by atoms with Gasteiger partial charge in [-0.1, -0.05) is 55.4 Å². The zero-order chi connectivity index (χ0) is 23.4. The van der Waals surface area contributed by atoms with Crippen LogP contribution in [0, 0.1) is 30.5 Å². The van der Waals surface area contributed by atoms with Gasteiger partial charge in [0.1, 0.15) is 11.6 Å². The first-order chi connectivity index (χ1) is 15.8. The van der Waals surface area contributed by atoms with Gasteiger partial charge >= 0.3 is 6.11 Å². The summed E-state index contributed by atoms with van der Waals surface area (Å²) in [7, 11) is 0. The fourth-order valence-corrected chi connectivity index (χ4v) is 4.21. The number of hydrogen-bond donors (Lipinski definition) is 0. The van der Waals surface area contributed by atoms with E-state index in [4.69, 9.17) is 4.74 Å². The molecule has 1 aliphatic carbocycles. The molecule has 170 valence electrons. The van der Waals surface area contributed by atoms with Gasteiger partial charge in [-0.25, -0.2) is 4.39 Å². The summed E-state index contributed by atoms with van der Waals surface area (Å²) >= 11 is 0. The van der Waals surface area contributed by atoms with Crippen LogP contribution in [0.3, 0.4) is 0 Å². The van der Waals surface area contributed by atoms with Crippen molar-refractivity contribution < 1.29 is 17.9 Å². The van der Waals surface area contributed by atoms with E-state index in [0.717, 1.165) is 48.4 Å². The predicted octanol–water partition coefficient (Wildman–Crippen LogP) is 7.96. The van der Waals surface area contributed by atoms with Crippen molar-refractivity contribution in [3.05, 3.63) is 100 Å². The van der Waals surface area contributed by atoms with Crippen molar-refractivity contribution in [1.82, 2.24) is 0 Å². The molecule has 0 heterocycles. The highest BCUT2D eigenvalue weighted by atomic mass is 19.3. The maximum absolute atomic E-state index is 14.7. The third-order valence-electron chi connectivity index (χ3n) is 6.30. The van der Waals surface area contributed by atoms with Crippen molar-refractivity contribution in [2.75, 3.05) is 0 Å². The van der Waals surface area contributed by atoms with Gasteiger partial charge in [0.2, 0.25) is 0 Å². The highest BCUT2D eigenvalue weighted by Gasteiger charge is 2.38. The number of halogens is 3. The molecule has 1 saturated carbocycles. The van der Waals surface area contributed by atoms with Crippen molar-refractivity contribution in [1.29, 1.82) is 0 Å². The van der Waals surface area contributed by atoms with E-state index in [1.165, 1.54) is 18.2 Å². The van der Waals surface area contributed by atoms with Crippen LogP contribution in [-0.4, -0.2) is 0 Å². The number of aryl methyl sites for hydroxylation is 1. The molecule has 33 heavy (non-hydrogen) atoms. The molecule has 0 amide bonds. The molecule has 1 aliphatic rings. The Morgan fingerprint density at radius 2 is 1.39 bits per heavy atom. The highest BCUT2D eigenvalue weighted by Crippen LogP contribution is 2.38. The molecule has 3 aromatic carbocycles. The van der Waals surface area contributed by atoms with E-state index in [2.05, 4.69) is 18.8 Å². The lowest BCUT2D eigenvalue weighted by Crippen LogP contribution is -2.23. The number of alkyl halides is 2. The molecule has 1 fully saturated rings. The average Bonchev–Trinajstić information content (AvgIpc) is 2.80. The molecule has 0 aromatic heterocycles. The van der Waals surface area contributed by atoms with E-state index in [9.17, 15) is 13.2 Å². The predicted molar refractivity (Wildman–Crippen MR) is 125 cm³/mol. The first-order valence-electron chi connectivity index (χ1n) is 11.4. The molecule has 4 heteroatoms. The van der Waals surface area contributed by atoms with Gasteiger partial charge in [0.25, 0.3) is 0 Å². The maximum atomic E-state index is 14.7. The Kier molecular flexibility index (Phi) is 6.79. The Morgan fingerprint density at radius 3 is 1.97 bits per heavy atom. The minimum Gasteiger partial charge on any atom is -0.429 e. The molecule has 0 saturated heterocycles. The van der Waals surface area contributed by atoms with Gasteiger partial charge in [-0.15, -0.1) is 0 Å². The summed E-state index contributed by atoms with van der Waals surface area (Å²) < 4.78 is 49.0. The first-order valence-corrected chi connectivity index (χ1v) is 11.4. The quantitative estimate of drug-likeness (QED) is 0.368. The maximum Gasteiger partial charge on any atom is 0.429 e. The molecule has 0 aliphatic heterocycles. The van der Waals surface area contributed by atoms with Crippen molar-refractivity contribution in [2.45, 2.75) is 51.6 Å². The van der Waals surface area contributed by atoms with E-state index >= 15 is 0 Å². The fraction of sp³-hybridized carbons (Fsp3) is 0.310. The Labute approximate surface area is 193 Å². The largest absolute Gasteiger partial charge is 0.429 e. The second-order valence-electron chi connectivity index (χ2n) is 8.96. The van der Waals surface area contributed by atoms with Crippen LogP contribution in [0.4, 0.5) is 13.2 Å². The molecule has 0 unspecified atom stereocenters. The Balaban J connectivity index is 1.44. The summed E-state index contributed by atoms with van der Waals surface area (Å²) in [5.41, 5.74) is 2.73. The Bertz CT molecular complexity index is 1150. The normalized spacial score (nSPS) is 18.3. The van der Waals surface area contributed by atoms with Crippen LogP contribution in [0.2, 0.25) is 0 Å². The lowest BCUT2D eigenvalue weighted by Gasteiger charge is -2.27. The van der Waals surface area contributed by atoms with Gasteiger partial charge in [-0.05, 0) is 85.7 Å². The Hall–Kier alpha value is -3.19. The SMILES string of the molecule is Cc1ccc(C#Cc2ccc(OC(F)(F)c3ccc(C4CCC(C)CC4)cc3F)cc2)cc1. The fourth-order valence-electron chi connectivity index (χ4n) is 4.21. The second-order valence-corrected chi connectivity index (χ2v) is 8.96. The topological polar surface area (TPSA) is 9.23 Å². The number of ether oxygens (including phenoxy) is 1. The third-order valence-corrected chi connectivity index (χ3v) is 6.30. The molecular weight excluding hydrogens is 421 g/mol. The molecule has 3 aromatic rings. The van der Waals surface area contributed by atoms with Gasteiger partial charge in [-0.2, -0.15) is 8.78 Å². The Morgan fingerprint density at radius 1 is 0.818 bits per heavy atom. The van der Waals surface area contributed by atoms with Gasteiger partial charge in [-0.3, -0.25) is 0 Å². The van der Waals surface area contributed by atoms with Crippen molar-refractivity contribution >= 4 is 0 Å². The zero-order valence-electron chi connectivity index (χ0n) is 18.9. The lowest BCUT2D eigenvalue weighted by molar-refractivity contribution is -0.187. The van der Waals surface area contributed by atoms with Crippen LogP contribution in [0.1, 0.15) is 66.3 Å². The van der Waals surface area contributed by atoms with Crippen LogP contribution in [0.15, 0.2) is 66.7 Å². The number of rotatable bonds is 4.